The minimum atomic E-state index is -4.82. The summed E-state index contributed by atoms with van der Waals surface area (Å²) >= 11 is 0. The van der Waals surface area contributed by atoms with Crippen molar-refractivity contribution in [2.75, 3.05) is 35.8 Å². The van der Waals surface area contributed by atoms with Gasteiger partial charge in [0.2, 0.25) is 5.95 Å². The van der Waals surface area contributed by atoms with Crippen molar-refractivity contribution >= 4 is 29.4 Å². The monoisotopic (exact) mass is 665 g/mol. The fraction of sp³-hybridized carbons (Fsp3) is 0.400. The number of nitriles is 1. The minimum Gasteiger partial charge on any atom is -0.481 e. The van der Waals surface area contributed by atoms with E-state index in [0.717, 1.165) is 29.2 Å². The molecule has 1 aromatic carbocycles. The van der Waals surface area contributed by atoms with E-state index in [9.17, 15) is 41.2 Å². The highest BCUT2D eigenvalue weighted by molar-refractivity contribution is 5.90. The second-order valence-electron chi connectivity index (χ2n) is 10.8. The van der Waals surface area contributed by atoms with Gasteiger partial charge in [0.25, 0.3) is 0 Å². The first kappa shape index (κ1) is 34.7. The van der Waals surface area contributed by atoms with Gasteiger partial charge in [-0.2, -0.15) is 31.6 Å². The SMILES string of the molecule is CC[C@@H]1C[C@H](Nc2ncc(N(C)C)c(Cc3cc(C#N)cc(C(F)(F)F)c3)n2)c2nc(C(F)(F)F)ccc2N1C(=O)OCCC(=O)O. The number of fused-ring (bicyclic) bond motifs is 1. The first-order valence-electron chi connectivity index (χ1n) is 14.2. The van der Waals surface area contributed by atoms with E-state index in [1.165, 1.54) is 12.3 Å². The van der Waals surface area contributed by atoms with Crippen LogP contribution in [0.15, 0.2) is 36.5 Å². The molecule has 1 aliphatic rings. The lowest BCUT2D eigenvalue weighted by molar-refractivity contribution is -0.141. The van der Waals surface area contributed by atoms with E-state index < -0.39 is 60.8 Å². The number of carbonyl (C=O) groups is 2. The maximum absolute atomic E-state index is 13.7. The molecule has 250 valence electrons. The Hall–Kier alpha value is -5.14. The van der Waals surface area contributed by atoms with E-state index in [4.69, 9.17) is 9.84 Å². The van der Waals surface area contributed by atoms with Gasteiger partial charge >= 0.3 is 24.4 Å². The molecular weight excluding hydrogens is 636 g/mol. The molecule has 17 heteroatoms. The Labute approximate surface area is 264 Å². The molecule has 0 spiro atoms. The number of ether oxygens (including phenoxy) is 1. The standard InChI is InChI=1S/C30H29F6N7O4/c1-4-19-13-21(26-22(5-6-24(41-26)30(34,35)36)43(19)28(46)47-8-7-25(44)45)40-27-38-15-23(42(2)3)20(39-27)12-16-9-17(14-37)11-18(10-16)29(31,32)33/h5-6,9-11,15,19,21H,4,7-8,12-13H2,1-3H3,(H,44,45)(H,38,39,40)/t19-,21+/m1/s1. The lowest BCUT2D eigenvalue weighted by Crippen LogP contribution is -2.46. The number of amides is 1. The van der Waals surface area contributed by atoms with Gasteiger partial charge in [-0.05, 0) is 48.7 Å². The van der Waals surface area contributed by atoms with E-state index in [0.29, 0.717) is 12.1 Å². The Morgan fingerprint density at radius 3 is 2.45 bits per heavy atom. The number of alkyl halides is 6. The van der Waals surface area contributed by atoms with Crippen LogP contribution in [0.4, 0.5) is 48.5 Å². The van der Waals surface area contributed by atoms with Gasteiger partial charge in [-0.1, -0.05) is 6.92 Å². The van der Waals surface area contributed by atoms with Crippen LogP contribution in [0.3, 0.4) is 0 Å². The number of anilines is 3. The highest BCUT2D eigenvalue weighted by Gasteiger charge is 2.41. The van der Waals surface area contributed by atoms with E-state index in [1.54, 1.807) is 32.0 Å². The Kier molecular flexibility index (Phi) is 10.1. The van der Waals surface area contributed by atoms with Gasteiger partial charge in [-0.15, -0.1) is 0 Å². The van der Waals surface area contributed by atoms with E-state index in [1.807, 2.05) is 0 Å². The third-order valence-electron chi connectivity index (χ3n) is 7.32. The van der Waals surface area contributed by atoms with Gasteiger partial charge in [-0.25, -0.2) is 19.7 Å². The number of hydrogen-bond acceptors (Lipinski definition) is 9. The van der Waals surface area contributed by atoms with Crippen molar-refractivity contribution in [2.24, 2.45) is 0 Å². The molecule has 2 N–H and O–H groups in total. The van der Waals surface area contributed by atoms with E-state index in [2.05, 4.69) is 20.3 Å². The molecule has 0 aliphatic carbocycles. The van der Waals surface area contributed by atoms with Crippen LogP contribution in [0.1, 0.15) is 66.0 Å². The quantitative estimate of drug-likeness (QED) is 0.254. The maximum Gasteiger partial charge on any atom is 0.433 e. The minimum absolute atomic E-state index is 0.00654. The summed E-state index contributed by atoms with van der Waals surface area (Å²) < 4.78 is 86.9. The largest absolute Gasteiger partial charge is 0.481 e. The number of carbonyl (C=O) groups excluding carboxylic acids is 1. The zero-order chi connectivity index (χ0) is 34.7. The van der Waals surface area contributed by atoms with Gasteiger partial charge in [0.15, 0.2) is 0 Å². The van der Waals surface area contributed by atoms with E-state index >= 15 is 0 Å². The molecule has 4 rings (SSSR count). The molecule has 2 aromatic heterocycles. The van der Waals surface area contributed by atoms with Crippen molar-refractivity contribution in [3.63, 3.8) is 0 Å². The maximum atomic E-state index is 13.7. The number of halogens is 6. The summed E-state index contributed by atoms with van der Waals surface area (Å²) in [5.74, 6) is -1.27. The van der Waals surface area contributed by atoms with Crippen molar-refractivity contribution in [2.45, 2.75) is 57.0 Å². The average molecular weight is 666 g/mol. The summed E-state index contributed by atoms with van der Waals surface area (Å²) in [7, 11) is 3.33. The highest BCUT2D eigenvalue weighted by atomic mass is 19.4. The van der Waals surface area contributed by atoms with Crippen molar-refractivity contribution in [1.82, 2.24) is 15.0 Å². The van der Waals surface area contributed by atoms with Crippen molar-refractivity contribution in [3.05, 3.63) is 70.3 Å². The number of pyridine rings is 1. The predicted octanol–water partition coefficient (Wildman–Crippen LogP) is 6.19. The predicted molar refractivity (Wildman–Crippen MR) is 156 cm³/mol. The van der Waals surface area contributed by atoms with Crippen LogP contribution >= 0.6 is 0 Å². The zero-order valence-electron chi connectivity index (χ0n) is 25.3. The summed E-state index contributed by atoms with van der Waals surface area (Å²) in [6, 6.07) is 4.90. The fourth-order valence-electron chi connectivity index (χ4n) is 5.15. The van der Waals surface area contributed by atoms with Gasteiger partial charge in [0.1, 0.15) is 12.3 Å². The van der Waals surface area contributed by atoms with Gasteiger partial charge < -0.3 is 20.1 Å². The van der Waals surface area contributed by atoms with Crippen molar-refractivity contribution < 1.29 is 45.8 Å². The van der Waals surface area contributed by atoms with Crippen LogP contribution in [-0.2, 0) is 28.3 Å². The summed E-state index contributed by atoms with van der Waals surface area (Å²) in [6.07, 6.45) is -9.34. The van der Waals surface area contributed by atoms with Crippen molar-refractivity contribution in [3.8, 4) is 6.07 Å². The number of nitrogens with one attached hydrogen (secondary N) is 1. The molecule has 0 radical (unpaired) electrons. The summed E-state index contributed by atoms with van der Waals surface area (Å²) in [5.41, 5.74) is -1.74. The molecule has 3 aromatic rings. The number of nitrogens with zero attached hydrogens (tertiary/aromatic N) is 6. The first-order chi connectivity index (χ1) is 22.0. The van der Waals surface area contributed by atoms with Gasteiger partial charge in [0, 0.05) is 26.6 Å². The van der Waals surface area contributed by atoms with Crippen LogP contribution in [0.25, 0.3) is 0 Å². The Morgan fingerprint density at radius 2 is 1.85 bits per heavy atom. The normalized spacial score (nSPS) is 16.2. The van der Waals surface area contributed by atoms with E-state index in [-0.39, 0.29) is 47.0 Å². The average Bonchev–Trinajstić information content (AvgIpc) is 2.99. The van der Waals surface area contributed by atoms with Crippen molar-refractivity contribution in [1.29, 1.82) is 5.26 Å². The second-order valence-corrected chi connectivity index (χ2v) is 10.8. The number of rotatable bonds is 9. The molecule has 0 saturated carbocycles. The van der Waals surface area contributed by atoms with Crippen LogP contribution in [0.2, 0.25) is 0 Å². The molecule has 11 nitrogen and oxygen atoms in total. The summed E-state index contributed by atoms with van der Waals surface area (Å²) in [4.78, 5) is 39.3. The number of carboxylic acid groups (broad SMARTS) is 1. The van der Waals surface area contributed by atoms with Crippen LogP contribution < -0.4 is 15.1 Å². The molecule has 47 heavy (non-hydrogen) atoms. The Bertz CT molecular complexity index is 1690. The number of aliphatic carboxylic acids is 1. The van der Waals surface area contributed by atoms with Crippen LogP contribution in [0.5, 0.6) is 0 Å². The van der Waals surface area contributed by atoms with Crippen LogP contribution in [0, 0.1) is 11.3 Å². The zero-order valence-corrected chi connectivity index (χ0v) is 25.3. The van der Waals surface area contributed by atoms with Gasteiger partial charge in [0.05, 0.1) is 58.6 Å². The molecule has 3 heterocycles. The number of aromatic nitrogens is 3. The molecular formula is C30H29F6N7O4. The molecule has 0 fully saturated rings. The topological polar surface area (TPSA) is 145 Å². The smallest absolute Gasteiger partial charge is 0.433 e. The molecule has 1 amide bonds. The number of hydrogen-bond donors (Lipinski definition) is 2. The Morgan fingerprint density at radius 1 is 1.13 bits per heavy atom. The lowest BCUT2D eigenvalue weighted by atomic mass is 9.93. The summed E-state index contributed by atoms with van der Waals surface area (Å²) in [6.45, 7) is 1.29. The third kappa shape index (κ3) is 8.18. The van der Waals surface area contributed by atoms with Gasteiger partial charge in [-0.3, -0.25) is 9.69 Å². The Balaban J connectivity index is 1.74. The highest BCUT2D eigenvalue weighted by Crippen LogP contribution is 2.41. The third-order valence-corrected chi connectivity index (χ3v) is 7.32. The van der Waals surface area contributed by atoms with Crippen LogP contribution in [-0.4, -0.2) is 58.9 Å². The summed E-state index contributed by atoms with van der Waals surface area (Å²) in [5, 5.41) is 21.2. The fourth-order valence-corrected chi connectivity index (χ4v) is 5.15. The molecule has 2 atom stereocenters. The molecule has 1 aliphatic heterocycles. The molecule has 0 saturated heterocycles. The first-order valence-corrected chi connectivity index (χ1v) is 14.2. The number of carboxylic acids is 1. The second kappa shape index (κ2) is 13.7. The molecule has 0 bridgehead atoms. The number of benzene rings is 1. The lowest BCUT2D eigenvalue weighted by Gasteiger charge is -2.39. The molecule has 0 unspecified atom stereocenters.